The average molecular weight is 614 g/mol. The zero-order chi connectivity index (χ0) is 32.2. The minimum atomic E-state index is -0.0612. The van der Waals surface area contributed by atoms with Gasteiger partial charge in [-0.3, -0.25) is 0 Å². The number of rotatable bonds is 5. The molecule has 0 radical (unpaired) electrons. The molecule has 1 heteroatoms. The number of para-hydroxylation sites is 1. The highest BCUT2D eigenvalue weighted by Crippen LogP contribution is 2.53. The summed E-state index contributed by atoms with van der Waals surface area (Å²) < 4.78 is 0. The average Bonchev–Trinajstić information content (AvgIpc) is 3.37. The van der Waals surface area contributed by atoms with Crippen molar-refractivity contribution in [2.45, 2.75) is 19.3 Å². The van der Waals surface area contributed by atoms with Crippen molar-refractivity contribution in [1.82, 2.24) is 0 Å². The lowest BCUT2D eigenvalue weighted by Crippen LogP contribution is -2.16. The minimum absolute atomic E-state index is 0.0612. The van der Waals surface area contributed by atoms with Crippen LogP contribution in [0.25, 0.3) is 54.9 Å². The van der Waals surface area contributed by atoms with E-state index in [-0.39, 0.29) is 5.41 Å². The Morgan fingerprint density at radius 3 is 1.83 bits per heavy atom. The zero-order valence-electron chi connectivity index (χ0n) is 27.2. The summed E-state index contributed by atoms with van der Waals surface area (Å²) in [5, 5.41) is 4.95. The molecule has 0 bridgehead atoms. The Labute approximate surface area is 282 Å². The first-order chi connectivity index (χ1) is 23.6. The Balaban J connectivity index is 1.39. The molecule has 0 fully saturated rings. The van der Waals surface area contributed by atoms with Crippen molar-refractivity contribution in [3.05, 3.63) is 187 Å². The van der Waals surface area contributed by atoms with E-state index in [0.29, 0.717) is 0 Å². The lowest BCUT2D eigenvalue weighted by Gasteiger charge is -2.31. The van der Waals surface area contributed by atoms with E-state index < -0.39 is 0 Å². The topological polar surface area (TPSA) is 3.24 Å². The van der Waals surface area contributed by atoms with Crippen molar-refractivity contribution in [2.24, 2.45) is 0 Å². The van der Waals surface area contributed by atoms with E-state index in [2.05, 4.69) is 195 Å². The molecule has 1 aliphatic carbocycles. The van der Waals surface area contributed by atoms with Crippen LogP contribution in [0.1, 0.15) is 25.0 Å². The summed E-state index contributed by atoms with van der Waals surface area (Å²) in [7, 11) is 0. The van der Waals surface area contributed by atoms with E-state index in [4.69, 9.17) is 0 Å². The quantitative estimate of drug-likeness (QED) is 0.187. The molecule has 0 amide bonds. The van der Waals surface area contributed by atoms with Gasteiger partial charge in [0.05, 0.1) is 11.4 Å². The largest absolute Gasteiger partial charge is 0.309 e. The number of anilines is 3. The predicted octanol–water partition coefficient (Wildman–Crippen LogP) is 13.1. The van der Waals surface area contributed by atoms with Crippen LogP contribution < -0.4 is 4.90 Å². The summed E-state index contributed by atoms with van der Waals surface area (Å²) >= 11 is 0. The van der Waals surface area contributed by atoms with Gasteiger partial charge in [0.2, 0.25) is 0 Å². The third-order valence-electron chi connectivity index (χ3n) is 10.3. The fraction of sp³-hybridized carbons (Fsp3) is 0.0638. The smallest absolute Gasteiger partial charge is 0.0546 e. The highest BCUT2D eigenvalue weighted by molar-refractivity contribution is 6.12. The van der Waals surface area contributed by atoms with Gasteiger partial charge in [0.1, 0.15) is 0 Å². The van der Waals surface area contributed by atoms with E-state index in [1.807, 2.05) is 0 Å². The van der Waals surface area contributed by atoms with Gasteiger partial charge in [-0.15, -0.1) is 0 Å². The Bertz CT molecular complexity index is 2480. The number of fused-ring (bicyclic) bond motifs is 5. The number of nitrogens with zero attached hydrogens (tertiary/aromatic N) is 1. The highest BCUT2D eigenvalue weighted by Gasteiger charge is 2.36. The number of hydrogen-bond donors (Lipinski definition) is 0. The summed E-state index contributed by atoms with van der Waals surface area (Å²) in [6.07, 6.45) is 0. The molecule has 48 heavy (non-hydrogen) atoms. The lowest BCUT2D eigenvalue weighted by atomic mass is 9.82. The van der Waals surface area contributed by atoms with Crippen LogP contribution in [0.4, 0.5) is 17.1 Å². The third kappa shape index (κ3) is 4.39. The van der Waals surface area contributed by atoms with Gasteiger partial charge in [-0.25, -0.2) is 0 Å². The summed E-state index contributed by atoms with van der Waals surface area (Å²) in [6, 6.07) is 64.5. The SMILES string of the molecule is CC1(C)c2ccccc2-c2cc(N(c3ccccc3-c3ccccc3)c3ccc4ccccc4c3-c3cccc4ccccc34)ccc21. The van der Waals surface area contributed by atoms with Crippen LogP contribution in [0.3, 0.4) is 0 Å². The number of hydrogen-bond acceptors (Lipinski definition) is 1. The Kier molecular flexibility index (Phi) is 6.55. The van der Waals surface area contributed by atoms with Gasteiger partial charge in [0.25, 0.3) is 0 Å². The maximum atomic E-state index is 2.50. The van der Waals surface area contributed by atoms with Gasteiger partial charge < -0.3 is 4.90 Å². The first-order valence-electron chi connectivity index (χ1n) is 16.8. The second kappa shape index (κ2) is 11.1. The van der Waals surface area contributed by atoms with Gasteiger partial charge in [0, 0.05) is 22.2 Å². The molecule has 0 aromatic heterocycles. The first-order valence-corrected chi connectivity index (χ1v) is 16.8. The standard InChI is InChI=1S/C47H35N/c1-47(2)42-25-12-10-23-39(42)41-31-35(28-29-43(41)47)48(44-26-13-11-21-37(44)33-15-4-3-5-16-33)45-30-27-34-18-7-9-22-38(34)46(45)40-24-14-19-32-17-6-8-20-36(32)40/h3-31H,1-2H3. The molecule has 0 atom stereocenters. The molecule has 8 aromatic carbocycles. The van der Waals surface area contributed by atoms with Crippen molar-refractivity contribution < 1.29 is 0 Å². The molecule has 1 aliphatic rings. The normalized spacial score (nSPS) is 13.0. The molecule has 0 heterocycles. The Morgan fingerprint density at radius 1 is 0.396 bits per heavy atom. The maximum Gasteiger partial charge on any atom is 0.0546 e. The summed E-state index contributed by atoms with van der Waals surface area (Å²) in [5.74, 6) is 0. The van der Waals surface area contributed by atoms with Crippen LogP contribution in [0.15, 0.2) is 176 Å². The summed E-state index contributed by atoms with van der Waals surface area (Å²) in [5.41, 5.74) is 13.6. The van der Waals surface area contributed by atoms with E-state index >= 15 is 0 Å². The van der Waals surface area contributed by atoms with Crippen LogP contribution in [0, 0.1) is 0 Å². The fourth-order valence-corrected chi connectivity index (χ4v) is 7.96. The molecule has 0 unspecified atom stereocenters. The van der Waals surface area contributed by atoms with Crippen LogP contribution >= 0.6 is 0 Å². The minimum Gasteiger partial charge on any atom is -0.309 e. The van der Waals surface area contributed by atoms with Crippen LogP contribution in [-0.2, 0) is 5.41 Å². The second-order valence-corrected chi connectivity index (χ2v) is 13.3. The van der Waals surface area contributed by atoms with Crippen molar-refractivity contribution in [3.8, 4) is 33.4 Å². The second-order valence-electron chi connectivity index (χ2n) is 13.3. The predicted molar refractivity (Wildman–Crippen MR) is 205 cm³/mol. The molecule has 228 valence electrons. The monoisotopic (exact) mass is 613 g/mol. The highest BCUT2D eigenvalue weighted by atomic mass is 15.1. The third-order valence-corrected chi connectivity index (χ3v) is 10.3. The van der Waals surface area contributed by atoms with Crippen molar-refractivity contribution in [1.29, 1.82) is 0 Å². The first kappa shape index (κ1) is 28.3. The molecule has 0 saturated carbocycles. The summed E-state index contributed by atoms with van der Waals surface area (Å²) in [6.45, 7) is 4.70. The molecule has 1 nitrogen and oxygen atoms in total. The molecule has 0 spiro atoms. The van der Waals surface area contributed by atoms with E-state index in [1.165, 1.54) is 66.1 Å². The molecule has 0 N–H and O–H groups in total. The van der Waals surface area contributed by atoms with Gasteiger partial charge in [0.15, 0.2) is 0 Å². The van der Waals surface area contributed by atoms with Gasteiger partial charge >= 0.3 is 0 Å². The molecule has 0 aliphatic heterocycles. The van der Waals surface area contributed by atoms with E-state index in [0.717, 1.165) is 17.1 Å². The van der Waals surface area contributed by atoms with Crippen molar-refractivity contribution in [3.63, 3.8) is 0 Å². The van der Waals surface area contributed by atoms with Crippen LogP contribution in [0.2, 0.25) is 0 Å². The molecular formula is C47H35N. The molecule has 9 rings (SSSR count). The van der Waals surface area contributed by atoms with Gasteiger partial charge in [-0.2, -0.15) is 0 Å². The molecular weight excluding hydrogens is 579 g/mol. The van der Waals surface area contributed by atoms with E-state index in [9.17, 15) is 0 Å². The zero-order valence-corrected chi connectivity index (χ0v) is 27.2. The van der Waals surface area contributed by atoms with Crippen LogP contribution in [-0.4, -0.2) is 0 Å². The number of benzene rings is 8. The van der Waals surface area contributed by atoms with Crippen LogP contribution in [0.5, 0.6) is 0 Å². The summed E-state index contributed by atoms with van der Waals surface area (Å²) in [4.78, 5) is 2.50. The maximum absolute atomic E-state index is 2.50. The molecule has 8 aromatic rings. The van der Waals surface area contributed by atoms with Gasteiger partial charge in [-0.05, 0) is 79.2 Å². The lowest BCUT2D eigenvalue weighted by molar-refractivity contribution is 0.660. The van der Waals surface area contributed by atoms with Crippen molar-refractivity contribution >= 4 is 38.6 Å². The Morgan fingerprint density at radius 2 is 1.00 bits per heavy atom. The Hall–Kier alpha value is -5.92. The molecule has 0 saturated heterocycles. The van der Waals surface area contributed by atoms with Gasteiger partial charge in [-0.1, -0.05) is 166 Å². The fourth-order valence-electron chi connectivity index (χ4n) is 7.96. The van der Waals surface area contributed by atoms with Crippen molar-refractivity contribution in [2.75, 3.05) is 4.90 Å². The van der Waals surface area contributed by atoms with E-state index in [1.54, 1.807) is 0 Å².